The van der Waals surface area contributed by atoms with Gasteiger partial charge in [-0.05, 0) is 36.5 Å². The van der Waals surface area contributed by atoms with Crippen molar-refractivity contribution in [1.82, 2.24) is 0 Å². The van der Waals surface area contributed by atoms with Gasteiger partial charge in [-0.15, -0.1) is 0 Å². The molecule has 0 heterocycles. The van der Waals surface area contributed by atoms with E-state index in [1.54, 1.807) is 0 Å². The minimum Gasteiger partial charge on any atom is -0.466 e. The lowest BCUT2D eigenvalue weighted by molar-refractivity contribution is -0.144. The van der Waals surface area contributed by atoms with Crippen molar-refractivity contribution in [3.63, 3.8) is 0 Å². The van der Waals surface area contributed by atoms with E-state index in [0.29, 0.717) is 13.0 Å². The Bertz CT molecular complexity index is 377. The average molecular weight is 269 g/mol. The first kappa shape index (κ1) is 15.0. The third-order valence-electron chi connectivity index (χ3n) is 2.84. The van der Waals surface area contributed by atoms with E-state index in [0.717, 1.165) is 29.8 Å². The van der Waals surface area contributed by atoms with Crippen LogP contribution in [0.4, 0.5) is 0 Å². The molecule has 0 radical (unpaired) electrons. The Kier molecular flexibility index (Phi) is 6.81. The molecule has 0 spiro atoms. The second kappa shape index (κ2) is 8.15. The fraction of sp³-hybridized carbons (Fsp3) is 0.533. The molecule has 0 aliphatic heterocycles. The maximum atomic E-state index is 11.7. The highest BCUT2D eigenvalue weighted by molar-refractivity contribution is 6.30. The van der Waals surface area contributed by atoms with E-state index in [4.69, 9.17) is 16.3 Å². The number of ether oxygens (including phenoxy) is 1. The largest absolute Gasteiger partial charge is 0.466 e. The molecule has 1 aromatic rings. The lowest BCUT2D eigenvalue weighted by Crippen LogP contribution is -2.11. The van der Waals surface area contributed by atoms with Crippen molar-refractivity contribution in [3.05, 3.63) is 34.9 Å². The van der Waals surface area contributed by atoms with E-state index in [-0.39, 0.29) is 11.9 Å². The fourth-order valence-corrected chi connectivity index (χ4v) is 2.17. The van der Waals surface area contributed by atoms with E-state index in [1.807, 2.05) is 31.2 Å². The van der Waals surface area contributed by atoms with Crippen molar-refractivity contribution in [2.24, 2.45) is 0 Å². The fourth-order valence-electron chi connectivity index (χ4n) is 1.97. The lowest BCUT2D eigenvalue weighted by Gasteiger charge is -2.16. The van der Waals surface area contributed by atoms with Crippen molar-refractivity contribution < 1.29 is 9.53 Å². The molecule has 0 saturated carbocycles. The van der Waals surface area contributed by atoms with Gasteiger partial charge in [0.25, 0.3) is 0 Å². The summed E-state index contributed by atoms with van der Waals surface area (Å²) in [5.74, 6) is 0.0910. The summed E-state index contributed by atoms with van der Waals surface area (Å²) in [6.45, 7) is 4.62. The van der Waals surface area contributed by atoms with E-state index < -0.39 is 0 Å². The van der Waals surface area contributed by atoms with E-state index in [2.05, 4.69) is 6.92 Å². The van der Waals surface area contributed by atoms with Crippen LogP contribution in [0.15, 0.2) is 24.3 Å². The molecule has 1 unspecified atom stereocenters. The van der Waals surface area contributed by atoms with Gasteiger partial charge in [-0.1, -0.05) is 44.0 Å². The number of carbonyl (C=O) groups is 1. The molecule has 1 rings (SSSR count). The number of rotatable bonds is 7. The molecule has 0 amide bonds. The van der Waals surface area contributed by atoms with E-state index in [9.17, 15) is 4.79 Å². The van der Waals surface area contributed by atoms with Gasteiger partial charge < -0.3 is 4.74 Å². The minimum absolute atomic E-state index is 0.115. The van der Waals surface area contributed by atoms with Crippen molar-refractivity contribution in [3.8, 4) is 0 Å². The maximum absolute atomic E-state index is 11.7. The molecule has 3 heteroatoms. The summed E-state index contributed by atoms with van der Waals surface area (Å²) in [6.07, 6.45) is 3.31. The van der Waals surface area contributed by atoms with Crippen LogP contribution in [-0.4, -0.2) is 12.6 Å². The van der Waals surface area contributed by atoms with Crippen molar-refractivity contribution in [1.29, 1.82) is 0 Å². The zero-order valence-corrected chi connectivity index (χ0v) is 11.9. The van der Waals surface area contributed by atoms with E-state index in [1.165, 1.54) is 0 Å². The van der Waals surface area contributed by atoms with Crippen LogP contribution in [0.5, 0.6) is 0 Å². The second-order valence-corrected chi connectivity index (χ2v) is 4.90. The highest BCUT2D eigenvalue weighted by Crippen LogP contribution is 2.27. The summed E-state index contributed by atoms with van der Waals surface area (Å²) in [5, 5.41) is 0.718. The molecule has 1 aromatic carbocycles. The van der Waals surface area contributed by atoms with Crippen LogP contribution in [0.25, 0.3) is 0 Å². The van der Waals surface area contributed by atoms with Crippen molar-refractivity contribution in [2.45, 2.75) is 45.4 Å². The third kappa shape index (κ3) is 5.09. The highest BCUT2D eigenvalue weighted by atomic mass is 35.5. The van der Waals surface area contributed by atoms with Gasteiger partial charge in [-0.25, -0.2) is 0 Å². The van der Waals surface area contributed by atoms with Gasteiger partial charge >= 0.3 is 5.97 Å². The molecule has 0 bridgehead atoms. The standard InChI is InChI=1S/C15H21ClO2/c1-3-6-12(11-15(17)18-9-4-2)13-7-5-8-14(16)10-13/h5,7-8,10,12H,3-4,6,9,11H2,1-2H3. The van der Waals surface area contributed by atoms with Gasteiger partial charge in [0.15, 0.2) is 0 Å². The van der Waals surface area contributed by atoms with Gasteiger partial charge in [0.05, 0.1) is 13.0 Å². The van der Waals surface area contributed by atoms with Crippen LogP contribution in [0.1, 0.15) is 51.0 Å². The molecule has 0 aliphatic carbocycles. The zero-order valence-electron chi connectivity index (χ0n) is 11.1. The molecule has 18 heavy (non-hydrogen) atoms. The molecule has 1 atom stereocenters. The minimum atomic E-state index is -0.115. The summed E-state index contributed by atoms with van der Waals surface area (Å²) in [4.78, 5) is 11.7. The lowest BCUT2D eigenvalue weighted by atomic mass is 9.91. The van der Waals surface area contributed by atoms with Crippen LogP contribution in [-0.2, 0) is 9.53 Å². The number of hydrogen-bond acceptors (Lipinski definition) is 2. The van der Waals surface area contributed by atoms with Crippen LogP contribution >= 0.6 is 11.6 Å². The maximum Gasteiger partial charge on any atom is 0.306 e. The topological polar surface area (TPSA) is 26.3 Å². The molecule has 0 saturated heterocycles. The predicted octanol–water partition coefficient (Wildman–Crippen LogP) is 4.57. The number of benzene rings is 1. The first-order chi connectivity index (χ1) is 8.67. The molecule has 2 nitrogen and oxygen atoms in total. The average Bonchev–Trinajstić information content (AvgIpc) is 2.36. The third-order valence-corrected chi connectivity index (χ3v) is 3.07. The monoisotopic (exact) mass is 268 g/mol. The van der Waals surface area contributed by atoms with Gasteiger partial charge in [0.2, 0.25) is 0 Å². The van der Waals surface area contributed by atoms with Crippen LogP contribution in [0.3, 0.4) is 0 Å². The summed E-state index contributed by atoms with van der Waals surface area (Å²) < 4.78 is 5.15. The van der Waals surface area contributed by atoms with Crippen molar-refractivity contribution in [2.75, 3.05) is 6.61 Å². The van der Waals surface area contributed by atoms with E-state index >= 15 is 0 Å². The first-order valence-electron chi connectivity index (χ1n) is 6.58. The molecule has 100 valence electrons. The van der Waals surface area contributed by atoms with Crippen LogP contribution in [0, 0.1) is 0 Å². The normalized spacial score (nSPS) is 12.2. The van der Waals surface area contributed by atoms with Crippen LogP contribution in [0.2, 0.25) is 5.02 Å². The quantitative estimate of drug-likeness (QED) is 0.677. The summed E-state index contributed by atoms with van der Waals surface area (Å²) in [5.41, 5.74) is 1.12. The SMILES string of the molecule is CCCOC(=O)CC(CCC)c1cccc(Cl)c1. The molecule has 0 N–H and O–H groups in total. The Morgan fingerprint density at radius 2 is 2.11 bits per heavy atom. The molecular weight excluding hydrogens is 248 g/mol. The summed E-state index contributed by atoms with van der Waals surface area (Å²) in [7, 11) is 0. The summed E-state index contributed by atoms with van der Waals surface area (Å²) >= 11 is 5.99. The van der Waals surface area contributed by atoms with Gasteiger partial charge in [0, 0.05) is 5.02 Å². The molecule has 0 fully saturated rings. The second-order valence-electron chi connectivity index (χ2n) is 4.47. The van der Waals surface area contributed by atoms with Gasteiger partial charge in [-0.2, -0.15) is 0 Å². The first-order valence-corrected chi connectivity index (χ1v) is 6.96. The van der Waals surface area contributed by atoms with Gasteiger partial charge in [-0.3, -0.25) is 4.79 Å². The Balaban J connectivity index is 2.67. The summed E-state index contributed by atoms with van der Waals surface area (Å²) in [6, 6.07) is 7.75. The predicted molar refractivity (Wildman–Crippen MR) is 75.0 cm³/mol. The smallest absolute Gasteiger partial charge is 0.306 e. The van der Waals surface area contributed by atoms with Gasteiger partial charge in [0.1, 0.15) is 0 Å². The Labute approximate surface area is 114 Å². The number of hydrogen-bond donors (Lipinski definition) is 0. The number of carbonyl (C=O) groups excluding carboxylic acids is 1. The molecular formula is C15H21ClO2. The molecule has 0 aromatic heterocycles. The van der Waals surface area contributed by atoms with Crippen molar-refractivity contribution >= 4 is 17.6 Å². The zero-order chi connectivity index (χ0) is 13.4. The van der Waals surface area contributed by atoms with Crippen LogP contribution < -0.4 is 0 Å². The number of esters is 1. The molecule has 0 aliphatic rings. The Hall–Kier alpha value is -1.02. The Morgan fingerprint density at radius 3 is 2.72 bits per heavy atom. The Morgan fingerprint density at radius 1 is 1.33 bits per heavy atom. The number of halogens is 1. The highest BCUT2D eigenvalue weighted by Gasteiger charge is 2.16.